The summed E-state index contributed by atoms with van der Waals surface area (Å²) < 4.78 is 6.51. The molecule has 2 saturated carbocycles. The number of Topliss-reactive ketones (excluding diaryl/α,β-unsaturated/α-hetero) is 2. The maximum absolute atomic E-state index is 14.1. The largest absolute Gasteiger partial charge is 0.489 e. The lowest BCUT2D eigenvalue weighted by Crippen LogP contribution is -2.74. The van der Waals surface area contributed by atoms with Crippen LogP contribution in [0, 0.1) is 39.9 Å². The fourth-order valence-corrected chi connectivity index (χ4v) is 11.4. The summed E-state index contributed by atoms with van der Waals surface area (Å²) in [6, 6.07) is 12.0. The van der Waals surface area contributed by atoms with Crippen molar-refractivity contribution in [2.45, 2.75) is 96.9 Å². The first-order valence-corrected chi connectivity index (χ1v) is 21.9. The first-order chi connectivity index (χ1) is 29.1. The van der Waals surface area contributed by atoms with Gasteiger partial charge in [-0.3, -0.25) is 33.8 Å². The fraction of sp³-hybridized carbons (Fsp3) is 0.469. The van der Waals surface area contributed by atoms with Gasteiger partial charge in [0, 0.05) is 104 Å². The van der Waals surface area contributed by atoms with Crippen LogP contribution in [0.5, 0.6) is 5.75 Å². The minimum atomic E-state index is -0.890. The number of carbonyl (C=O) groups is 5. The van der Waals surface area contributed by atoms with Crippen LogP contribution in [-0.2, 0) is 14.4 Å². The van der Waals surface area contributed by atoms with Crippen LogP contribution in [0.4, 0.5) is 5.69 Å². The lowest BCUT2D eigenvalue weighted by molar-refractivity contribution is -0.206. The highest BCUT2D eigenvalue weighted by atomic mass is 35.5. The summed E-state index contributed by atoms with van der Waals surface area (Å²) in [4.78, 5) is 73.7. The van der Waals surface area contributed by atoms with E-state index in [1.165, 1.54) is 0 Å². The normalized spacial score (nSPS) is 27.3. The number of allylic oxidation sites excluding steroid dienone is 4. The highest BCUT2D eigenvalue weighted by Gasteiger charge is 2.67. The number of imide groups is 1. The summed E-state index contributed by atoms with van der Waals surface area (Å²) in [7, 11) is 0. The molecule has 3 amide bonds. The number of nitrogens with zero attached hydrogens (tertiary/aromatic N) is 5. The molecule has 1 atom stereocenters. The number of amides is 3. The van der Waals surface area contributed by atoms with Gasteiger partial charge < -0.3 is 14.5 Å². The van der Waals surface area contributed by atoms with Gasteiger partial charge in [-0.25, -0.2) is 0 Å². The zero-order chi connectivity index (χ0) is 43.0. The van der Waals surface area contributed by atoms with Crippen LogP contribution in [0.25, 0.3) is 0 Å². The molecule has 7 aliphatic rings. The van der Waals surface area contributed by atoms with Crippen LogP contribution in [0.15, 0.2) is 71.3 Å². The Labute approximate surface area is 362 Å². The molecule has 3 aliphatic carbocycles. The Morgan fingerprint density at radius 3 is 2.31 bits per heavy atom. The van der Waals surface area contributed by atoms with Crippen molar-refractivity contribution in [3.63, 3.8) is 0 Å². The third-order valence-electron chi connectivity index (χ3n) is 14.0. The zero-order valence-corrected chi connectivity index (χ0v) is 35.9. The van der Waals surface area contributed by atoms with Gasteiger partial charge in [0.05, 0.1) is 27.8 Å². The Morgan fingerprint density at radius 1 is 0.836 bits per heavy atom. The minimum absolute atomic E-state index is 0.0537. The smallest absolute Gasteiger partial charge is 0.262 e. The average Bonchev–Trinajstić information content (AvgIpc) is 3.59. The standard InChI is InChI=1S/C49H50ClN5O6/c1-48(2)46(49(3,4)47(48)61-36-17-14-31(23-51)40(50)22-36)54-26-32-20-29(8-5-6-10-37(32)43(54)58)12-13-30-24-52(25-30)34-27-53(28-34)33-15-18-38-39(21-33)45(60)55(44(38)59)41-19-16-35(56)9-7-11-42(41)57/h8,10,14-15,17-18,20-22,30,34,41,46-47H,5-7,9,11,16,19,24-28H2,1-4H3/b29-8-,32-20?,37-10?. The van der Waals surface area contributed by atoms with Gasteiger partial charge in [-0.05, 0) is 67.7 Å². The number of benzene rings is 2. The summed E-state index contributed by atoms with van der Waals surface area (Å²) in [6.07, 6.45) is 9.15. The van der Waals surface area contributed by atoms with Gasteiger partial charge in [0.1, 0.15) is 23.7 Å². The molecule has 314 valence electrons. The van der Waals surface area contributed by atoms with Crippen molar-refractivity contribution in [3.05, 3.63) is 93.1 Å². The van der Waals surface area contributed by atoms with Crippen molar-refractivity contribution in [1.29, 1.82) is 5.26 Å². The van der Waals surface area contributed by atoms with Crippen LogP contribution in [0.2, 0.25) is 5.02 Å². The molecule has 0 radical (unpaired) electrons. The van der Waals surface area contributed by atoms with E-state index in [2.05, 4.69) is 73.6 Å². The maximum Gasteiger partial charge on any atom is 0.262 e. The van der Waals surface area contributed by atoms with Crippen LogP contribution in [0.3, 0.4) is 0 Å². The average molecular weight is 840 g/mol. The van der Waals surface area contributed by atoms with E-state index in [9.17, 15) is 29.2 Å². The zero-order valence-electron chi connectivity index (χ0n) is 35.1. The Morgan fingerprint density at radius 2 is 1.57 bits per heavy atom. The fourth-order valence-electron chi connectivity index (χ4n) is 11.2. The van der Waals surface area contributed by atoms with Gasteiger partial charge in [0.15, 0.2) is 5.78 Å². The topological polar surface area (TPSA) is 131 Å². The molecule has 0 N–H and O–H groups in total. The molecule has 1 unspecified atom stereocenters. The first kappa shape index (κ1) is 40.9. The van der Waals surface area contributed by atoms with E-state index in [-0.39, 0.29) is 65.6 Å². The van der Waals surface area contributed by atoms with E-state index in [4.69, 9.17) is 16.3 Å². The van der Waals surface area contributed by atoms with Gasteiger partial charge in [0.25, 0.3) is 17.7 Å². The van der Waals surface area contributed by atoms with Crippen molar-refractivity contribution in [2.75, 3.05) is 37.6 Å². The second kappa shape index (κ2) is 15.4. The van der Waals surface area contributed by atoms with Crippen molar-refractivity contribution >= 4 is 46.6 Å². The summed E-state index contributed by atoms with van der Waals surface area (Å²) in [6.45, 7) is 12.5. The van der Waals surface area contributed by atoms with E-state index in [0.717, 1.165) is 66.3 Å². The van der Waals surface area contributed by atoms with Crippen LogP contribution in [0.1, 0.15) is 98.9 Å². The third kappa shape index (κ3) is 7.10. The van der Waals surface area contributed by atoms with Crippen LogP contribution >= 0.6 is 11.6 Å². The molecule has 0 aromatic heterocycles. The highest BCUT2D eigenvalue weighted by molar-refractivity contribution is 6.31. The molecule has 4 aliphatic heterocycles. The Kier molecular flexibility index (Phi) is 10.4. The number of ether oxygens (including phenoxy) is 1. The molecule has 2 aromatic rings. The van der Waals surface area contributed by atoms with E-state index < -0.39 is 17.9 Å². The second-order valence-corrected chi connectivity index (χ2v) is 19.3. The van der Waals surface area contributed by atoms with E-state index in [1.807, 2.05) is 11.0 Å². The van der Waals surface area contributed by atoms with Gasteiger partial charge in [-0.2, -0.15) is 5.26 Å². The number of halogens is 1. The maximum atomic E-state index is 14.1. The molecule has 9 rings (SSSR count). The number of likely N-dealkylation sites (tertiary alicyclic amines) is 2. The molecule has 3 saturated heterocycles. The van der Waals surface area contributed by atoms with E-state index in [0.29, 0.717) is 52.9 Å². The Balaban J connectivity index is 0.797. The number of hydrogen-bond acceptors (Lipinski definition) is 9. The van der Waals surface area contributed by atoms with Crippen molar-refractivity contribution in [1.82, 2.24) is 14.7 Å². The summed E-state index contributed by atoms with van der Waals surface area (Å²) >= 11 is 6.31. The molecule has 12 heteroatoms. The molecule has 11 nitrogen and oxygen atoms in total. The number of hydrogen-bond donors (Lipinski definition) is 0. The lowest BCUT2D eigenvalue weighted by atomic mass is 9.49. The quantitative estimate of drug-likeness (QED) is 0.231. The van der Waals surface area contributed by atoms with Crippen molar-refractivity contribution in [2.24, 2.45) is 16.7 Å². The van der Waals surface area contributed by atoms with E-state index in [1.54, 1.807) is 30.3 Å². The molecule has 61 heavy (non-hydrogen) atoms. The van der Waals surface area contributed by atoms with Gasteiger partial charge >= 0.3 is 0 Å². The molecule has 5 fully saturated rings. The van der Waals surface area contributed by atoms with E-state index >= 15 is 0 Å². The molecule has 0 bridgehead atoms. The number of rotatable bonds is 6. The molecule has 2 aromatic carbocycles. The number of carbonyl (C=O) groups excluding carboxylic acids is 5. The number of anilines is 1. The summed E-state index contributed by atoms with van der Waals surface area (Å²) in [5.74, 6) is 6.88. The highest BCUT2D eigenvalue weighted by Crippen LogP contribution is 2.59. The number of fused-ring (bicyclic) bond motifs is 2. The predicted molar refractivity (Wildman–Crippen MR) is 230 cm³/mol. The first-order valence-electron chi connectivity index (χ1n) is 21.5. The molecular weight excluding hydrogens is 790 g/mol. The summed E-state index contributed by atoms with van der Waals surface area (Å²) in [5.41, 5.74) is 3.93. The third-order valence-corrected chi connectivity index (χ3v) is 14.3. The summed E-state index contributed by atoms with van der Waals surface area (Å²) in [5, 5.41) is 9.65. The van der Waals surface area contributed by atoms with Gasteiger partial charge in [-0.1, -0.05) is 63.3 Å². The number of nitriles is 1. The monoisotopic (exact) mass is 839 g/mol. The Bertz CT molecular complexity index is 2450. The van der Waals surface area contributed by atoms with Crippen molar-refractivity contribution in [3.8, 4) is 23.7 Å². The SMILES string of the molecule is CC1(C)C(Oc2ccc(C#N)c(Cl)c2)C(C)(C)C1N1CC2=C/C(C#CC3CN(C4CN(c5ccc6c(c5)C(=O)N(C5CCC(=O)CCCC5=O)C6=O)C4)C3)=C\CCC=C2C1=O. The molecule has 4 heterocycles. The van der Waals surface area contributed by atoms with Crippen LogP contribution < -0.4 is 9.64 Å². The van der Waals surface area contributed by atoms with Gasteiger partial charge in [0.2, 0.25) is 0 Å². The van der Waals surface area contributed by atoms with Crippen LogP contribution in [-0.4, -0.2) is 101 Å². The van der Waals surface area contributed by atoms with Crippen molar-refractivity contribution < 1.29 is 28.7 Å². The molecular formula is C49H50ClN5O6. The second-order valence-electron chi connectivity index (χ2n) is 18.9. The van der Waals surface area contributed by atoms with Gasteiger partial charge in [-0.15, -0.1) is 0 Å². The minimum Gasteiger partial charge on any atom is -0.489 e. The number of ketones is 2. The predicted octanol–water partition coefficient (Wildman–Crippen LogP) is 6.70. The Hall–Kier alpha value is -5.49. The molecule has 0 spiro atoms. The lowest BCUT2D eigenvalue weighted by Gasteiger charge is -2.65.